The molecule has 0 spiro atoms. The first-order valence-corrected chi connectivity index (χ1v) is 9.60. The highest BCUT2D eigenvalue weighted by atomic mass is 16.2. The summed E-state index contributed by atoms with van der Waals surface area (Å²) in [6.45, 7) is 7.27. The number of H-pyrrole nitrogens is 1. The topological polar surface area (TPSA) is 53.9 Å². The summed E-state index contributed by atoms with van der Waals surface area (Å²) in [6.07, 6.45) is 6.42. The molecule has 0 saturated carbocycles. The Morgan fingerprint density at radius 3 is 3.04 bits per heavy atom. The summed E-state index contributed by atoms with van der Waals surface area (Å²) < 4.78 is 2.31. The molecule has 1 fully saturated rings. The summed E-state index contributed by atoms with van der Waals surface area (Å²) in [4.78, 5) is 13.8. The van der Waals surface area contributed by atoms with Crippen LogP contribution in [0.4, 0.5) is 0 Å². The Hall–Kier alpha value is -3.34. The van der Waals surface area contributed by atoms with Gasteiger partial charge in [0.15, 0.2) is 0 Å². The molecule has 1 N–H and O–H groups in total. The molecule has 28 heavy (non-hydrogen) atoms. The molecule has 1 aliphatic heterocycles. The van der Waals surface area contributed by atoms with Gasteiger partial charge >= 0.3 is 0 Å². The standard InChI is InChI=1S/C23H22N4O/c1-3-22(28)26-10-9-18(14-26)27-11-8-16-12-17(5-7-21(16)27)23-15(2)4-6-20-19(23)13-24-25-20/h3-8,11-13,18H,1,9-10,14H2,2H3,(H,24,25). The van der Waals surface area contributed by atoms with E-state index in [4.69, 9.17) is 0 Å². The van der Waals surface area contributed by atoms with Gasteiger partial charge < -0.3 is 9.47 Å². The van der Waals surface area contributed by atoms with Crippen molar-refractivity contribution in [1.29, 1.82) is 0 Å². The molecule has 1 aliphatic rings. The number of nitrogens with zero attached hydrogens (tertiary/aromatic N) is 3. The fourth-order valence-electron chi connectivity index (χ4n) is 4.45. The van der Waals surface area contributed by atoms with Crippen LogP contribution in [0.1, 0.15) is 18.0 Å². The van der Waals surface area contributed by atoms with Crippen molar-refractivity contribution >= 4 is 27.7 Å². The maximum absolute atomic E-state index is 11.9. The Kier molecular flexibility index (Phi) is 3.83. The zero-order valence-electron chi connectivity index (χ0n) is 15.9. The van der Waals surface area contributed by atoms with Crippen LogP contribution in [0.3, 0.4) is 0 Å². The van der Waals surface area contributed by atoms with E-state index in [0.29, 0.717) is 6.04 Å². The van der Waals surface area contributed by atoms with Gasteiger partial charge in [0.1, 0.15) is 0 Å². The number of fused-ring (bicyclic) bond motifs is 2. The molecule has 1 amide bonds. The molecule has 1 unspecified atom stereocenters. The number of nitrogens with one attached hydrogen (secondary N) is 1. The maximum atomic E-state index is 11.9. The lowest BCUT2D eigenvalue weighted by molar-refractivity contribution is -0.125. The van der Waals surface area contributed by atoms with Crippen molar-refractivity contribution in [2.24, 2.45) is 0 Å². The molecular weight excluding hydrogens is 348 g/mol. The largest absolute Gasteiger partial charge is 0.343 e. The van der Waals surface area contributed by atoms with Crippen LogP contribution in [0.25, 0.3) is 32.9 Å². The van der Waals surface area contributed by atoms with Crippen LogP contribution in [0.15, 0.2) is 61.4 Å². The number of aromatic nitrogens is 3. The smallest absolute Gasteiger partial charge is 0.246 e. The fraction of sp³-hybridized carbons (Fsp3) is 0.217. The number of carbonyl (C=O) groups is 1. The number of aromatic amines is 1. The molecule has 0 bridgehead atoms. The van der Waals surface area contributed by atoms with Crippen LogP contribution in [0.2, 0.25) is 0 Å². The van der Waals surface area contributed by atoms with E-state index in [2.05, 4.69) is 70.9 Å². The predicted molar refractivity (Wildman–Crippen MR) is 112 cm³/mol. The number of benzene rings is 2. The molecule has 3 heterocycles. The summed E-state index contributed by atoms with van der Waals surface area (Å²) in [5, 5.41) is 9.63. The molecule has 4 aromatic rings. The molecule has 140 valence electrons. The molecule has 2 aromatic carbocycles. The van der Waals surface area contributed by atoms with Gasteiger partial charge in [0.05, 0.1) is 17.8 Å². The summed E-state index contributed by atoms with van der Waals surface area (Å²) in [7, 11) is 0. The molecule has 1 saturated heterocycles. The second-order valence-corrected chi connectivity index (χ2v) is 7.52. The van der Waals surface area contributed by atoms with Gasteiger partial charge in [-0.1, -0.05) is 18.7 Å². The highest BCUT2D eigenvalue weighted by Crippen LogP contribution is 2.34. The van der Waals surface area contributed by atoms with Crippen molar-refractivity contribution < 1.29 is 4.79 Å². The Morgan fingerprint density at radius 1 is 1.29 bits per heavy atom. The molecule has 5 rings (SSSR count). The third-order valence-electron chi connectivity index (χ3n) is 5.88. The molecule has 2 aromatic heterocycles. The van der Waals surface area contributed by atoms with Crippen LogP contribution in [-0.4, -0.2) is 38.7 Å². The first-order valence-electron chi connectivity index (χ1n) is 9.60. The van der Waals surface area contributed by atoms with Crippen LogP contribution in [-0.2, 0) is 4.79 Å². The molecule has 5 nitrogen and oxygen atoms in total. The van der Waals surface area contributed by atoms with E-state index < -0.39 is 0 Å². The van der Waals surface area contributed by atoms with Crippen LogP contribution >= 0.6 is 0 Å². The summed E-state index contributed by atoms with van der Waals surface area (Å²) in [5.74, 6) is 0.0185. The number of hydrogen-bond donors (Lipinski definition) is 1. The van der Waals surface area contributed by atoms with E-state index in [0.717, 1.165) is 30.4 Å². The van der Waals surface area contributed by atoms with Crippen molar-refractivity contribution in [3.8, 4) is 11.1 Å². The zero-order valence-corrected chi connectivity index (χ0v) is 15.9. The van der Waals surface area contributed by atoms with Crippen molar-refractivity contribution in [3.05, 3.63) is 67.0 Å². The van der Waals surface area contributed by atoms with Crippen LogP contribution in [0, 0.1) is 6.92 Å². The number of aryl methyl sites for hydroxylation is 1. The Bertz CT molecular complexity index is 1220. The first-order chi connectivity index (χ1) is 13.7. The van der Waals surface area contributed by atoms with Gasteiger partial charge in [-0.25, -0.2) is 0 Å². The molecule has 5 heteroatoms. The second kappa shape index (κ2) is 6.37. The minimum absolute atomic E-state index is 0.0185. The number of carbonyl (C=O) groups excluding carboxylic acids is 1. The fourth-order valence-corrected chi connectivity index (χ4v) is 4.45. The van der Waals surface area contributed by atoms with E-state index in [-0.39, 0.29) is 5.91 Å². The lowest BCUT2D eigenvalue weighted by Crippen LogP contribution is -2.27. The highest BCUT2D eigenvalue weighted by molar-refractivity contribution is 5.98. The molecular formula is C23H22N4O. The number of amides is 1. The van der Waals surface area contributed by atoms with Gasteiger partial charge in [-0.15, -0.1) is 0 Å². The lowest BCUT2D eigenvalue weighted by atomic mass is 9.96. The van der Waals surface area contributed by atoms with Gasteiger partial charge in [0.25, 0.3) is 0 Å². The summed E-state index contributed by atoms with van der Waals surface area (Å²) in [6, 6.07) is 13.3. The van der Waals surface area contributed by atoms with Crippen molar-refractivity contribution in [3.63, 3.8) is 0 Å². The zero-order chi connectivity index (χ0) is 19.3. The number of likely N-dealkylation sites (tertiary alicyclic amines) is 1. The van der Waals surface area contributed by atoms with E-state index in [1.165, 1.54) is 33.7 Å². The third-order valence-corrected chi connectivity index (χ3v) is 5.88. The normalized spacial score (nSPS) is 16.9. The van der Waals surface area contributed by atoms with Gasteiger partial charge in [0, 0.05) is 35.6 Å². The van der Waals surface area contributed by atoms with E-state index in [1.54, 1.807) is 0 Å². The SMILES string of the molecule is C=CC(=O)N1CCC(n2ccc3cc(-c4c(C)ccc5[nH]ncc45)ccc32)C1. The van der Waals surface area contributed by atoms with Crippen LogP contribution < -0.4 is 0 Å². The minimum atomic E-state index is 0.0185. The van der Waals surface area contributed by atoms with Gasteiger partial charge in [0.2, 0.25) is 5.91 Å². The minimum Gasteiger partial charge on any atom is -0.343 e. The average molecular weight is 370 g/mol. The van der Waals surface area contributed by atoms with Crippen molar-refractivity contribution in [2.45, 2.75) is 19.4 Å². The van der Waals surface area contributed by atoms with Gasteiger partial charge in [-0.05, 0) is 60.4 Å². The van der Waals surface area contributed by atoms with Gasteiger partial charge in [-0.2, -0.15) is 5.10 Å². The number of rotatable bonds is 3. The molecule has 0 radical (unpaired) electrons. The predicted octanol–water partition coefficient (Wildman–Crippen LogP) is 4.45. The van der Waals surface area contributed by atoms with Gasteiger partial charge in [-0.3, -0.25) is 9.89 Å². The van der Waals surface area contributed by atoms with Crippen molar-refractivity contribution in [1.82, 2.24) is 19.7 Å². The molecule has 1 atom stereocenters. The quantitative estimate of drug-likeness (QED) is 0.542. The second-order valence-electron chi connectivity index (χ2n) is 7.52. The van der Waals surface area contributed by atoms with Crippen LogP contribution in [0.5, 0.6) is 0 Å². The van der Waals surface area contributed by atoms with E-state index in [1.807, 2.05) is 11.1 Å². The average Bonchev–Trinajstić information content (AvgIpc) is 3.45. The summed E-state index contributed by atoms with van der Waals surface area (Å²) >= 11 is 0. The summed E-state index contributed by atoms with van der Waals surface area (Å²) in [5.41, 5.74) is 5.92. The van der Waals surface area contributed by atoms with Crippen molar-refractivity contribution in [2.75, 3.05) is 13.1 Å². The van der Waals surface area contributed by atoms with E-state index in [9.17, 15) is 4.79 Å². The monoisotopic (exact) mass is 370 g/mol. The highest BCUT2D eigenvalue weighted by Gasteiger charge is 2.26. The maximum Gasteiger partial charge on any atom is 0.246 e. The first kappa shape index (κ1) is 16.8. The molecule has 0 aliphatic carbocycles. The Labute approximate surface area is 163 Å². The van der Waals surface area contributed by atoms with E-state index >= 15 is 0 Å². The number of hydrogen-bond acceptors (Lipinski definition) is 2. The lowest BCUT2D eigenvalue weighted by Gasteiger charge is -2.16. The third kappa shape index (κ3) is 2.54. The Morgan fingerprint density at radius 2 is 2.18 bits per heavy atom. The Balaban J connectivity index is 1.54.